The van der Waals surface area contributed by atoms with E-state index in [1.165, 1.54) is 0 Å². The summed E-state index contributed by atoms with van der Waals surface area (Å²) in [6, 6.07) is -3.14. The van der Waals surface area contributed by atoms with Crippen LogP contribution in [0.15, 0.2) is 17.0 Å². The van der Waals surface area contributed by atoms with Gasteiger partial charge in [-0.1, -0.05) is 3.89 Å². The van der Waals surface area contributed by atoms with Crippen LogP contribution in [0.2, 0.25) is 0 Å². The van der Waals surface area contributed by atoms with Gasteiger partial charge >= 0.3 is 68.4 Å². The van der Waals surface area contributed by atoms with Gasteiger partial charge in [0.1, 0.15) is 11.6 Å². The van der Waals surface area contributed by atoms with Crippen molar-refractivity contribution in [2.24, 2.45) is 0 Å². The number of halogens is 24. The van der Waals surface area contributed by atoms with Crippen LogP contribution in [0.5, 0.6) is 0 Å². The zero-order valence-corrected chi connectivity index (χ0v) is 20.5. The van der Waals surface area contributed by atoms with Crippen LogP contribution in [-0.4, -0.2) is 60.6 Å². The predicted molar refractivity (Wildman–Crippen MR) is 91.8 cm³/mol. The van der Waals surface area contributed by atoms with E-state index in [4.69, 9.17) is 0 Å². The van der Waals surface area contributed by atoms with Gasteiger partial charge < -0.3 is 0 Å². The van der Waals surface area contributed by atoms with Crippen LogP contribution >= 0.6 is 11.8 Å². The van der Waals surface area contributed by atoms with Crippen LogP contribution in [0.3, 0.4) is 0 Å². The lowest BCUT2D eigenvalue weighted by Gasteiger charge is -2.42. The molecule has 1 rings (SSSR count). The second-order valence-corrected chi connectivity index (χ2v) is 10.4. The van der Waals surface area contributed by atoms with Gasteiger partial charge in [0.05, 0.1) is 10.5 Å². The van der Waals surface area contributed by atoms with Crippen LogP contribution in [-0.2, 0) is 16.1 Å². The first kappa shape index (κ1) is 39.9. The van der Waals surface area contributed by atoms with Crippen molar-refractivity contribution in [3.05, 3.63) is 29.3 Å². The van der Waals surface area contributed by atoms with E-state index in [0.717, 1.165) is 0 Å². The molecule has 0 fully saturated rings. The van der Waals surface area contributed by atoms with Crippen LogP contribution < -0.4 is 0 Å². The van der Waals surface area contributed by atoms with Crippen LogP contribution in [0.1, 0.15) is 5.56 Å². The Morgan fingerprint density at radius 1 is 0.500 bits per heavy atom. The molecular weight excluding hydrogens is 744 g/mol. The molecule has 0 amide bonds. The van der Waals surface area contributed by atoms with E-state index < -0.39 is 114 Å². The summed E-state index contributed by atoms with van der Waals surface area (Å²) in [7, 11) is -7.64. The van der Waals surface area contributed by atoms with Crippen molar-refractivity contribution in [2.45, 2.75) is 63.0 Å². The fourth-order valence-electron chi connectivity index (χ4n) is 2.52. The number of benzene rings is 1. The molecule has 0 aliphatic rings. The summed E-state index contributed by atoms with van der Waals surface area (Å²) < 4.78 is 340. The Kier molecular flexibility index (Phi) is 9.45. The molecule has 0 atom stereocenters. The topological polar surface area (TPSA) is 34.1 Å². The van der Waals surface area contributed by atoms with Gasteiger partial charge in [-0.25, -0.2) is 8.78 Å². The zero-order chi connectivity index (χ0) is 35.9. The Morgan fingerprint density at radius 2 is 0.841 bits per heavy atom. The summed E-state index contributed by atoms with van der Waals surface area (Å²) in [5.74, 6) is -67.5. The molecule has 0 bridgehead atoms. The fourth-order valence-corrected chi connectivity index (χ4v) is 3.94. The SMILES string of the molecule is O=S(=O)(F)C(F)(F)C(F)(F)Sc1cc(F)c(C(F)(F)C(F)(F)C(F)(F)C(F)(F)C(F)(F)C(F)(F)C(F)(F)C(F)(F)F)cc1F. The molecule has 0 aliphatic carbocycles. The maximum absolute atomic E-state index is 14.2. The summed E-state index contributed by atoms with van der Waals surface area (Å²) >= 11 is -2.30. The van der Waals surface area contributed by atoms with Gasteiger partial charge in [-0.2, -0.15) is 101 Å². The maximum Gasteiger partial charge on any atom is 0.460 e. The highest BCUT2D eigenvalue weighted by Crippen LogP contribution is 2.65. The second-order valence-electron chi connectivity index (χ2n) is 7.85. The van der Waals surface area contributed by atoms with Gasteiger partial charge in [-0.05, 0) is 23.9 Å². The summed E-state index contributed by atoms with van der Waals surface area (Å²) in [5.41, 5.74) is -3.83. The number of rotatable bonds is 11. The molecule has 44 heavy (non-hydrogen) atoms. The van der Waals surface area contributed by atoms with Crippen LogP contribution in [0, 0.1) is 11.6 Å². The van der Waals surface area contributed by atoms with E-state index in [1.807, 2.05) is 0 Å². The third kappa shape index (κ3) is 5.37. The number of thioether (sulfide) groups is 1. The molecule has 0 saturated carbocycles. The monoisotopic (exact) mass is 746 g/mol. The molecule has 1 aromatic carbocycles. The normalized spacial score (nSPS) is 16.0. The minimum absolute atomic E-state index is 1.41. The summed E-state index contributed by atoms with van der Waals surface area (Å²) in [4.78, 5) is -2.60. The molecule has 0 radical (unpaired) electrons. The van der Waals surface area contributed by atoms with Crippen molar-refractivity contribution < 1.29 is 113 Å². The molecule has 2 nitrogen and oxygen atoms in total. The number of alkyl halides is 21. The molecule has 0 aromatic heterocycles. The maximum atomic E-state index is 14.2. The van der Waals surface area contributed by atoms with Gasteiger partial charge in [0.15, 0.2) is 0 Å². The van der Waals surface area contributed by atoms with E-state index in [9.17, 15) is 113 Å². The van der Waals surface area contributed by atoms with Gasteiger partial charge in [0, 0.05) is 0 Å². The molecule has 0 aliphatic heterocycles. The van der Waals surface area contributed by atoms with E-state index in [0.29, 0.717) is 0 Å². The van der Waals surface area contributed by atoms with Crippen LogP contribution in [0.4, 0.5) is 105 Å². The van der Waals surface area contributed by atoms with Crippen molar-refractivity contribution in [3.8, 4) is 0 Å². The molecule has 0 saturated heterocycles. The van der Waals surface area contributed by atoms with E-state index in [2.05, 4.69) is 0 Å². The summed E-state index contributed by atoms with van der Waals surface area (Å²) in [5, 5.41) is -13.3. The Labute approximate surface area is 228 Å². The van der Waals surface area contributed by atoms with Crippen LogP contribution in [0.25, 0.3) is 0 Å². The average Bonchev–Trinajstić information content (AvgIpc) is 2.78. The molecule has 28 heteroatoms. The standard InChI is InChI=1S/C16H2F24O2S2/c17-4-2-6(43-15(36,37)16(38,39)44(40,41)42)5(18)1-3(4)7(19,20)8(21,22)9(23,24)10(25,26)11(27,28)12(29,30)13(31,32)14(33,34)35/h1-2H. The molecule has 0 unspecified atom stereocenters. The number of hydrogen-bond donors (Lipinski definition) is 0. The third-order valence-corrected chi connectivity index (χ3v) is 7.01. The van der Waals surface area contributed by atoms with Gasteiger partial charge in [0.2, 0.25) is 0 Å². The molecule has 0 N–H and O–H groups in total. The first-order chi connectivity index (χ1) is 18.8. The first-order valence-electron chi connectivity index (χ1n) is 9.35. The van der Waals surface area contributed by atoms with Crippen molar-refractivity contribution in [2.75, 3.05) is 0 Å². The largest absolute Gasteiger partial charge is 0.460 e. The lowest BCUT2D eigenvalue weighted by Crippen LogP contribution is -2.74. The third-order valence-electron chi connectivity index (χ3n) is 4.97. The smallest absolute Gasteiger partial charge is 0.206 e. The predicted octanol–water partition coefficient (Wildman–Crippen LogP) is 9.01. The molecular formula is C16H2F24O2S2. The lowest BCUT2D eigenvalue weighted by atomic mass is 9.87. The second kappa shape index (κ2) is 10.4. The van der Waals surface area contributed by atoms with Crippen molar-refractivity contribution in [3.63, 3.8) is 0 Å². The van der Waals surface area contributed by atoms with Gasteiger partial charge in [-0.15, -0.1) is 0 Å². The molecule has 0 spiro atoms. The zero-order valence-electron chi connectivity index (χ0n) is 18.9. The highest BCUT2D eigenvalue weighted by molar-refractivity contribution is 8.01. The summed E-state index contributed by atoms with van der Waals surface area (Å²) in [6.07, 6.45) is -8.03. The molecule has 1 aromatic rings. The molecule has 0 heterocycles. The van der Waals surface area contributed by atoms with Crippen molar-refractivity contribution in [1.29, 1.82) is 0 Å². The summed E-state index contributed by atoms with van der Waals surface area (Å²) in [6.45, 7) is 0. The Balaban J connectivity index is 3.82. The van der Waals surface area contributed by atoms with E-state index >= 15 is 0 Å². The fraction of sp³-hybridized carbons (Fsp3) is 0.625. The van der Waals surface area contributed by atoms with Gasteiger partial charge in [0.25, 0.3) is 0 Å². The minimum atomic E-state index is -9.10. The highest BCUT2D eigenvalue weighted by Gasteiger charge is 2.95. The highest BCUT2D eigenvalue weighted by atomic mass is 32.3. The van der Waals surface area contributed by atoms with E-state index in [-0.39, 0.29) is 0 Å². The molecule has 258 valence electrons. The van der Waals surface area contributed by atoms with Crippen molar-refractivity contribution >= 4 is 22.0 Å². The number of hydrogen-bond acceptors (Lipinski definition) is 3. The average molecular weight is 746 g/mol. The quantitative estimate of drug-likeness (QED) is 0.129. The van der Waals surface area contributed by atoms with Gasteiger partial charge in [-0.3, -0.25) is 0 Å². The Morgan fingerprint density at radius 3 is 1.18 bits per heavy atom. The Bertz CT molecular complexity index is 1360. The Hall–Kier alpha value is -2.16. The van der Waals surface area contributed by atoms with Crippen molar-refractivity contribution in [1.82, 2.24) is 0 Å². The lowest BCUT2D eigenvalue weighted by molar-refractivity contribution is -0.462. The minimum Gasteiger partial charge on any atom is -0.206 e. The van der Waals surface area contributed by atoms with E-state index in [1.54, 1.807) is 0 Å². The first-order valence-corrected chi connectivity index (χ1v) is 11.6.